The van der Waals surface area contributed by atoms with Gasteiger partial charge < -0.3 is 14.8 Å². The number of carbonyl (C=O) groups excluding carboxylic acids is 1. The second kappa shape index (κ2) is 7.04. The minimum atomic E-state index is -0.340. The third-order valence-corrected chi connectivity index (χ3v) is 4.49. The van der Waals surface area contributed by atoms with E-state index in [9.17, 15) is 4.79 Å². The van der Waals surface area contributed by atoms with Crippen LogP contribution in [0.15, 0.2) is 0 Å². The molecule has 5 nitrogen and oxygen atoms in total. The van der Waals surface area contributed by atoms with E-state index in [1.165, 1.54) is 11.3 Å². The highest BCUT2D eigenvalue weighted by molar-refractivity contribution is 7.15. The predicted octanol–water partition coefficient (Wildman–Crippen LogP) is 2.86. The summed E-state index contributed by atoms with van der Waals surface area (Å²) in [5.41, 5.74) is 0.429. The van der Waals surface area contributed by atoms with Gasteiger partial charge in [0.2, 0.25) is 0 Å². The van der Waals surface area contributed by atoms with E-state index in [2.05, 4.69) is 17.2 Å². The molecule has 1 aliphatic rings. The minimum absolute atomic E-state index is 0.333. The van der Waals surface area contributed by atoms with Gasteiger partial charge >= 0.3 is 5.97 Å². The zero-order chi connectivity index (χ0) is 14.5. The molecule has 0 saturated carbocycles. The van der Waals surface area contributed by atoms with Gasteiger partial charge in [0.05, 0.1) is 6.61 Å². The highest BCUT2D eigenvalue weighted by Gasteiger charge is 2.22. The molecule has 2 heterocycles. The standard InChI is InChI=1S/C14H22N2O3S/c1-4-19-13(17)12-10(3)20-14(16-12)15-9(2)11-5-7-18-8-6-11/h9,11H,4-8H2,1-3H3,(H,15,16). The van der Waals surface area contributed by atoms with Crippen LogP contribution in [0.4, 0.5) is 5.13 Å². The van der Waals surface area contributed by atoms with E-state index in [0.717, 1.165) is 36.1 Å². The van der Waals surface area contributed by atoms with Crippen molar-refractivity contribution in [2.45, 2.75) is 39.7 Å². The van der Waals surface area contributed by atoms with Crippen LogP contribution < -0.4 is 5.32 Å². The third-order valence-electron chi connectivity index (χ3n) is 3.59. The third kappa shape index (κ3) is 3.70. The van der Waals surface area contributed by atoms with Crippen molar-refractivity contribution in [1.29, 1.82) is 0 Å². The highest BCUT2D eigenvalue weighted by atomic mass is 32.1. The molecule has 1 saturated heterocycles. The van der Waals surface area contributed by atoms with Crippen LogP contribution in [0, 0.1) is 12.8 Å². The molecule has 20 heavy (non-hydrogen) atoms. The smallest absolute Gasteiger partial charge is 0.358 e. The van der Waals surface area contributed by atoms with E-state index in [-0.39, 0.29) is 5.97 Å². The number of aromatic nitrogens is 1. The molecule has 1 unspecified atom stereocenters. The minimum Gasteiger partial charge on any atom is -0.461 e. The monoisotopic (exact) mass is 298 g/mol. The second-order valence-electron chi connectivity index (χ2n) is 5.03. The molecule has 0 amide bonds. The summed E-state index contributed by atoms with van der Waals surface area (Å²) < 4.78 is 10.4. The van der Waals surface area contributed by atoms with Crippen LogP contribution in [-0.2, 0) is 9.47 Å². The Hall–Kier alpha value is -1.14. The maximum Gasteiger partial charge on any atom is 0.358 e. The van der Waals surface area contributed by atoms with Gasteiger partial charge in [-0.25, -0.2) is 9.78 Å². The van der Waals surface area contributed by atoms with E-state index < -0.39 is 0 Å². The van der Waals surface area contributed by atoms with Crippen LogP contribution in [0.3, 0.4) is 0 Å². The molecule has 0 radical (unpaired) electrons. The first-order valence-electron chi connectivity index (χ1n) is 7.10. The lowest BCUT2D eigenvalue weighted by atomic mass is 9.93. The number of aryl methyl sites for hydroxylation is 1. The van der Waals surface area contributed by atoms with Crippen LogP contribution in [0.2, 0.25) is 0 Å². The molecule has 0 aliphatic carbocycles. The average molecular weight is 298 g/mol. The predicted molar refractivity (Wildman–Crippen MR) is 79.4 cm³/mol. The maximum atomic E-state index is 11.7. The molecule has 0 spiro atoms. The first-order valence-corrected chi connectivity index (χ1v) is 7.92. The average Bonchev–Trinajstić information content (AvgIpc) is 2.81. The number of hydrogen-bond donors (Lipinski definition) is 1. The largest absolute Gasteiger partial charge is 0.461 e. The number of nitrogens with one attached hydrogen (secondary N) is 1. The van der Waals surface area contributed by atoms with Crippen molar-refractivity contribution in [2.75, 3.05) is 25.1 Å². The van der Waals surface area contributed by atoms with Gasteiger partial charge in [-0.15, -0.1) is 11.3 Å². The molecule has 0 aromatic carbocycles. The van der Waals surface area contributed by atoms with E-state index in [4.69, 9.17) is 9.47 Å². The summed E-state index contributed by atoms with van der Waals surface area (Å²) in [7, 11) is 0. The van der Waals surface area contributed by atoms with Crippen molar-refractivity contribution in [1.82, 2.24) is 4.98 Å². The van der Waals surface area contributed by atoms with E-state index in [0.29, 0.717) is 24.3 Å². The highest BCUT2D eigenvalue weighted by Crippen LogP contribution is 2.26. The van der Waals surface area contributed by atoms with Crippen molar-refractivity contribution in [2.24, 2.45) is 5.92 Å². The van der Waals surface area contributed by atoms with Crippen molar-refractivity contribution in [3.8, 4) is 0 Å². The summed E-state index contributed by atoms with van der Waals surface area (Å²) in [4.78, 5) is 17.0. The molecule has 1 N–H and O–H groups in total. The van der Waals surface area contributed by atoms with Gasteiger partial charge in [-0.05, 0) is 39.5 Å². The Morgan fingerprint density at radius 1 is 1.55 bits per heavy atom. The van der Waals surface area contributed by atoms with E-state index >= 15 is 0 Å². The van der Waals surface area contributed by atoms with Gasteiger partial charge in [0, 0.05) is 24.1 Å². The molecule has 1 fully saturated rings. The molecule has 1 aromatic rings. The van der Waals surface area contributed by atoms with E-state index in [1.807, 2.05) is 6.92 Å². The topological polar surface area (TPSA) is 60.5 Å². The Morgan fingerprint density at radius 3 is 2.90 bits per heavy atom. The summed E-state index contributed by atoms with van der Waals surface area (Å²) in [5.74, 6) is 0.256. The molecule has 0 bridgehead atoms. The molecule has 1 aromatic heterocycles. The molecular formula is C14H22N2O3S. The maximum absolute atomic E-state index is 11.7. The number of thiazole rings is 1. The van der Waals surface area contributed by atoms with Crippen LogP contribution in [0.25, 0.3) is 0 Å². The summed E-state index contributed by atoms with van der Waals surface area (Å²) in [5, 5.41) is 4.21. The Morgan fingerprint density at radius 2 is 2.25 bits per heavy atom. The fourth-order valence-electron chi connectivity index (χ4n) is 2.38. The molecular weight excluding hydrogens is 276 g/mol. The van der Waals surface area contributed by atoms with Crippen LogP contribution in [0.1, 0.15) is 42.1 Å². The molecule has 1 atom stereocenters. The molecule has 112 valence electrons. The normalized spacial score (nSPS) is 17.8. The lowest BCUT2D eigenvalue weighted by Gasteiger charge is -2.28. The second-order valence-corrected chi connectivity index (χ2v) is 6.23. The number of ether oxygens (including phenoxy) is 2. The number of nitrogens with zero attached hydrogens (tertiary/aromatic N) is 1. The fraction of sp³-hybridized carbons (Fsp3) is 0.714. The molecule has 1 aliphatic heterocycles. The lowest BCUT2D eigenvalue weighted by molar-refractivity contribution is 0.0519. The quantitative estimate of drug-likeness (QED) is 0.847. The number of carbonyl (C=O) groups is 1. The first-order chi connectivity index (χ1) is 9.61. The van der Waals surface area contributed by atoms with Crippen molar-refractivity contribution < 1.29 is 14.3 Å². The van der Waals surface area contributed by atoms with Gasteiger partial charge in [-0.1, -0.05) is 0 Å². The van der Waals surface area contributed by atoms with Crippen LogP contribution in [-0.4, -0.2) is 36.8 Å². The number of rotatable bonds is 5. The van der Waals surface area contributed by atoms with Gasteiger partial charge in [-0.3, -0.25) is 0 Å². The number of anilines is 1. The Kier molecular flexibility index (Phi) is 5.37. The SMILES string of the molecule is CCOC(=O)c1nc(NC(C)C2CCOCC2)sc1C. The van der Waals surface area contributed by atoms with Crippen molar-refractivity contribution in [3.05, 3.63) is 10.6 Å². The van der Waals surface area contributed by atoms with Crippen LogP contribution >= 0.6 is 11.3 Å². The van der Waals surface area contributed by atoms with Gasteiger partial charge in [0.1, 0.15) is 0 Å². The molecule has 2 rings (SSSR count). The number of hydrogen-bond acceptors (Lipinski definition) is 6. The summed E-state index contributed by atoms with van der Waals surface area (Å²) in [6, 6.07) is 0.333. The Balaban J connectivity index is 1.99. The zero-order valence-corrected chi connectivity index (χ0v) is 13.1. The van der Waals surface area contributed by atoms with Crippen molar-refractivity contribution >= 4 is 22.4 Å². The van der Waals surface area contributed by atoms with Gasteiger partial charge in [0.25, 0.3) is 0 Å². The first kappa shape index (κ1) is 15.3. The van der Waals surface area contributed by atoms with Crippen LogP contribution in [0.5, 0.6) is 0 Å². The Labute approximate surface area is 123 Å². The zero-order valence-electron chi connectivity index (χ0n) is 12.3. The lowest BCUT2D eigenvalue weighted by Crippen LogP contribution is -2.30. The Bertz CT molecular complexity index is 455. The van der Waals surface area contributed by atoms with E-state index in [1.54, 1.807) is 6.92 Å². The summed E-state index contributed by atoms with van der Waals surface area (Å²) >= 11 is 1.51. The number of esters is 1. The summed E-state index contributed by atoms with van der Waals surface area (Å²) in [6.45, 7) is 7.90. The van der Waals surface area contributed by atoms with Crippen molar-refractivity contribution in [3.63, 3.8) is 0 Å². The van der Waals surface area contributed by atoms with Gasteiger partial charge in [-0.2, -0.15) is 0 Å². The fourth-order valence-corrected chi connectivity index (χ4v) is 3.27. The van der Waals surface area contributed by atoms with Gasteiger partial charge in [0.15, 0.2) is 10.8 Å². The molecule has 6 heteroatoms. The summed E-state index contributed by atoms with van der Waals surface area (Å²) in [6.07, 6.45) is 2.15.